The zero-order valence-corrected chi connectivity index (χ0v) is 17.8. The number of hydrogen-bond donors (Lipinski definition) is 1. The Bertz CT molecular complexity index is 1110. The summed E-state index contributed by atoms with van der Waals surface area (Å²) in [6.07, 6.45) is 0.267. The van der Waals surface area contributed by atoms with Crippen LogP contribution in [0, 0.1) is 10.1 Å². The number of methoxy groups -OCH3 is 1. The van der Waals surface area contributed by atoms with Gasteiger partial charge in [-0.1, -0.05) is 24.3 Å². The molecule has 1 aliphatic rings. The number of nitro benzene ring substituents is 1. The molecule has 0 spiro atoms. The van der Waals surface area contributed by atoms with Crippen molar-refractivity contribution in [2.45, 2.75) is 19.6 Å². The van der Waals surface area contributed by atoms with Crippen LogP contribution in [0.3, 0.4) is 0 Å². The largest absolute Gasteiger partial charge is 0.493 e. The number of aliphatic carboxylic acids is 1. The number of imide groups is 1. The first-order chi connectivity index (χ1) is 15.2. The molecule has 2 amide bonds. The molecule has 0 radical (unpaired) electrons. The summed E-state index contributed by atoms with van der Waals surface area (Å²) >= 11 is 0.729. The van der Waals surface area contributed by atoms with E-state index in [1.54, 1.807) is 18.2 Å². The second kappa shape index (κ2) is 9.52. The van der Waals surface area contributed by atoms with Crippen LogP contribution >= 0.6 is 11.8 Å². The summed E-state index contributed by atoms with van der Waals surface area (Å²) in [4.78, 5) is 47.9. The normalized spacial score (nSPS) is 15.7. The van der Waals surface area contributed by atoms with E-state index in [0.29, 0.717) is 11.1 Å². The number of non-ortho nitro benzene ring substituents is 1. The van der Waals surface area contributed by atoms with Gasteiger partial charge in [-0.15, -0.1) is 0 Å². The predicted octanol–water partition coefficient (Wildman–Crippen LogP) is 3.69. The maximum absolute atomic E-state index is 12.8. The van der Waals surface area contributed by atoms with Crippen molar-refractivity contribution in [1.82, 2.24) is 4.90 Å². The highest BCUT2D eigenvalue weighted by atomic mass is 32.2. The highest BCUT2D eigenvalue weighted by Gasteiger charge is 2.35. The number of carboxylic acid groups (broad SMARTS) is 1. The molecule has 1 saturated heterocycles. The molecule has 2 aromatic carbocycles. The third-order valence-electron chi connectivity index (χ3n) is 4.52. The zero-order chi connectivity index (χ0) is 23.4. The first-order valence-electron chi connectivity index (χ1n) is 9.26. The minimum Gasteiger partial charge on any atom is -0.493 e. The first-order valence-corrected chi connectivity index (χ1v) is 10.1. The van der Waals surface area contributed by atoms with E-state index in [0.717, 1.165) is 16.7 Å². The molecule has 11 heteroatoms. The quantitative estimate of drug-likeness (QED) is 0.357. The lowest BCUT2D eigenvalue weighted by molar-refractivity contribution is -0.384. The number of nitrogens with zero attached hydrogens (tertiary/aromatic N) is 2. The Labute approximate surface area is 186 Å². The number of benzene rings is 2. The average Bonchev–Trinajstić information content (AvgIpc) is 3.02. The van der Waals surface area contributed by atoms with Crippen LogP contribution < -0.4 is 9.47 Å². The van der Waals surface area contributed by atoms with Gasteiger partial charge in [-0.2, -0.15) is 0 Å². The summed E-state index contributed by atoms with van der Waals surface area (Å²) in [6, 6.07) is 10.4. The van der Waals surface area contributed by atoms with Gasteiger partial charge in [-0.3, -0.25) is 24.6 Å². The Morgan fingerprint density at radius 1 is 1.25 bits per heavy atom. The van der Waals surface area contributed by atoms with E-state index in [4.69, 9.17) is 14.6 Å². The van der Waals surface area contributed by atoms with Crippen molar-refractivity contribution in [2.24, 2.45) is 0 Å². The van der Waals surface area contributed by atoms with Crippen molar-refractivity contribution >= 4 is 40.6 Å². The number of hydrogen-bond acceptors (Lipinski definition) is 8. The fourth-order valence-corrected chi connectivity index (χ4v) is 3.67. The summed E-state index contributed by atoms with van der Waals surface area (Å²) in [5.41, 5.74) is 0.835. The van der Waals surface area contributed by atoms with Gasteiger partial charge >= 0.3 is 5.97 Å². The molecular formula is C21H18N2O8S. The van der Waals surface area contributed by atoms with E-state index in [2.05, 4.69) is 0 Å². The number of amides is 2. The maximum Gasteiger partial charge on any atom is 0.344 e. The van der Waals surface area contributed by atoms with Gasteiger partial charge in [0.25, 0.3) is 16.8 Å². The van der Waals surface area contributed by atoms with Crippen LogP contribution in [0.1, 0.15) is 18.1 Å². The van der Waals surface area contributed by atoms with Crippen LogP contribution in [-0.4, -0.2) is 45.3 Å². The molecule has 1 aliphatic heterocycles. The van der Waals surface area contributed by atoms with E-state index in [1.165, 1.54) is 44.4 Å². The van der Waals surface area contributed by atoms with Gasteiger partial charge in [0, 0.05) is 17.7 Å². The van der Waals surface area contributed by atoms with Gasteiger partial charge in [-0.05, 0) is 36.4 Å². The van der Waals surface area contributed by atoms with E-state index in [1.807, 2.05) is 0 Å². The molecule has 1 N–H and O–H groups in total. The lowest BCUT2D eigenvalue weighted by Gasteiger charge is -2.16. The number of carbonyl (C=O) groups is 3. The van der Waals surface area contributed by atoms with Gasteiger partial charge in [-0.25, -0.2) is 4.79 Å². The fourth-order valence-electron chi connectivity index (χ4n) is 2.84. The molecule has 0 aromatic heterocycles. The summed E-state index contributed by atoms with van der Waals surface area (Å²) in [5, 5.41) is 19.4. The number of ether oxygens (including phenoxy) is 2. The molecule has 0 saturated carbocycles. The smallest absolute Gasteiger partial charge is 0.344 e. The Balaban J connectivity index is 1.87. The molecule has 1 heterocycles. The van der Waals surface area contributed by atoms with Crippen molar-refractivity contribution in [1.29, 1.82) is 0 Å². The minimum atomic E-state index is -1.18. The SMILES string of the molecule is COc1cccc(/C=C2\SC(=O)N(Cc3ccc([N+](=O)[O-])cc3)C2=O)c1O[C@H](C)C(=O)O. The summed E-state index contributed by atoms with van der Waals surface area (Å²) in [7, 11) is 1.40. The average molecular weight is 458 g/mol. The van der Waals surface area contributed by atoms with Crippen LogP contribution in [0.5, 0.6) is 11.5 Å². The lowest BCUT2D eigenvalue weighted by Crippen LogP contribution is -2.27. The van der Waals surface area contributed by atoms with Crippen molar-refractivity contribution in [3.8, 4) is 11.5 Å². The van der Waals surface area contributed by atoms with E-state index in [9.17, 15) is 24.5 Å². The molecule has 1 fully saturated rings. The second-order valence-corrected chi connectivity index (χ2v) is 7.66. The minimum absolute atomic E-state index is 0.0441. The van der Waals surface area contributed by atoms with Gasteiger partial charge in [0.2, 0.25) is 0 Å². The molecule has 1 atom stereocenters. The summed E-state index contributed by atoms with van der Waals surface area (Å²) in [5.74, 6) is -1.31. The van der Waals surface area contributed by atoms with Crippen LogP contribution in [0.2, 0.25) is 0 Å². The number of nitro groups is 1. The first kappa shape index (κ1) is 22.8. The summed E-state index contributed by atoms with van der Waals surface area (Å²) in [6.45, 7) is 1.31. The molecule has 10 nitrogen and oxygen atoms in total. The molecule has 0 bridgehead atoms. The van der Waals surface area contributed by atoms with Gasteiger partial charge in [0.1, 0.15) is 0 Å². The molecule has 0 unspecified atom stereocenters. The molecular weight excluding hydrogens is 440 g/mol. The third-order valence-corrected chi connectivity index (χ3v) is 5.43. The van der Waals surface area contributed by atoms with Gasteiger partial charge < -0.3 is 14.6 Å². The number of rotatable bonds is 8. The monoisotopic (exact) mass is 458 g/mol. The highest BCUT2D eigenvalue weighted by Crippen LogP contribution is 2.38. The standard InChI is InChI=1S/C21H18N2O8S/c1-12(20(25)26)31-18-14(4-3-5-16(18)30-2)10-17-19(24)22(21(27)32-17)11-13-6-8-15(9-7-13)23(28)29/h3-10,12H,11H2,1-2H3,(H,25,26)/b17-10-/t12-/m1/s1. The number of carboxylic acids is 1. The molecule has 166 valence electrons. The second-order valence-electron chi connectivity index (χ2n) is 6.67. The van der Waals surface area contributed by atoms with Crippen molar-refractivity contribution in [3.63, 3.8) is 0 Å². The number of para-hydroxylation sites is 1. The van der Waals surface area contributed by atoms with Crippen LogP contribution in [0.25, 0.3) is 6.08 Å². The van der Waals surface area contributed by atoms with Crippen LogP contribution in [0.4, 0.5) is 10.5 Å². The molecule has 0 aliphatic carbocycles. The van der Waals surface area contributed by atoms with Crippen molar-refractivity contribution in [2.75, 3.05) is 7.11 Å². The third kappa shape index (κ3) is 4.89. The highest BCUT2D eigenvalue weighted by molar-refractivity contribution is 8.18. The Morgan fingerprint density at radius 3 is 2.53 bits per heavy atom. The van der Waals surface area contributed by atoms with Crippen molar-refractivity contribution in [3.05, 3.63) is 68.6 Å². The zero-order valence-electron chi connectivity index (χ0n) is 17.0. The Kier molecular flexibility index (Phi) is 6.79. The van der Waals surface area contributed by atoms with E-state index < -0.39 is 28.1 Å². The van der Waals surface area contributed by atoms with Crippen LogP contribution in [-0.2, 0) is 16.1 Å². The van der Waals surface area contributed by atoms with E-state index in [-0.39, 0.29) is 28.6 Å². The Hall–Kier alpha value is -3.86. The Morgan fingerprint density at radius 2 is 1.94 bits per heavy atom. The molecule has 2 aromatic rings. The number of carbonyl (C=O) groups excluding carboxylic acids is 2. The predicted molar refractivity (Wildman–Crippen MR) is 115 cm³/mol. The maximum atomic E-state index is 12.8. The molecule has 32 heavy (non-hydrogen) atoms. The van der Waals surface area contributed by atoms with E-state index >= 15 is 0 Å². The lowest BCUT2D eigenvalue weighted by atomic mass is 10.1. The number of thioether (sulfide) groups is 1. The summed E-state index contributed by atoms with van der Waals surface area (Å²) < 4.78 is 10.8. The fraction of sp³-hybridized carbons (Fsp3) is 0.190. The van der Waals surface area contributed by atoms with Gasteiger partial charge in [0.05, 0.1) is 23.5 Å². The van der Waals surface area contributed by atoms with Crippen molar-refractivity contribution < 1.29 is 33.9 Å². The molecule has 3 rings (SSSR count). The topological polar surface area (TPSA) is 136 Å². The van der Waals surface area contributed by atoms with Crippen LogP contribution in [0.15, 0.2) is 47.4 Å². The van der Waals surface area contributed by atoms with Gasteiger partial charge in [0.15, 0.2) is 17.6 Å².